The summed E-state index contributed by atoms with van der Waals surface area (Å²) in [5.41, 5.74) is 1.13. The first-order valence-electron chi connectivity index (χ1n) is 8.94. The Hall–Kier alpha value is -1.52. The second-order valence-electron chi connectivity index (χ2n) is 6.70. The minimum atomic E-state index is -0.0526. The van der Waals surface area contributed by atoms with Crippen molar-refractivity contribution in [2.75, 3.05) is 39.3 Å². The molecule has 0 saturated carbocycles. The van der Waals surface area contributed by atoms with E-state index in [1.165, 1.54) is 15.9 Å². The van der Waals surface area contributed by atoms with Crippen molar-refractivity contribution >= 4 is 32.2 Å². The van der Waals surface area contributed by atoms with Crippen molar-refractivity contribution in [1.82, 2.24) is 24.4 Å². The number of aryl methyl sites for hydroxylation is 1. The molecule has 1 saturated heterocycles. The summed E-state index contributed by atoms with van der Waals surface area (Å²) in [6.07, 6.45) is 0. The van der Waals surface area contributed by atoms with E-state index in [4.69, 9.17) is 0 Å². The van der Waals surface area contributed by atoms with Crippen LogP contribution < -0.4 is 0 Å². The van der Waals surface area contributed by atoms with Gasteiger partial charge in [0, 0.05) is 37.2 Å². The van der Waals surface area contributed by atoms with Gasteiger partial charge in [-0.1, -0.05) is 39.4 Å². The lowest BCUT2D eigenvalue weighted by atomic mass is 10.0. The second-order valence-corrected chi connectivity index (χ2v) is 8.62. The number of hydrogen-bond donors (Lipinski definition) is 2. The number of β-amino-alcohol motifs (C(OH)–C–C–N with tert-alkyl or cyclic N) is 1. The van der Waals surface area contributed by atoms with E-state index in [-0.39, 0.29) is 18.5 Å². The quantitative estimate of drug-likeness (QED) is 0.619. The number of aromatic hydroxyl groups is 1. The topological polar surface area (TPSA) is 77.1 Å². The van der Waals surface area contributed by atoms with Crippen molar-refractivity contribution in [3.8, 4) is 5.88 Å². The number of benzene rings is 1. The number of hydrogen-bond acceptors (Lipinski definition) is 7. The van der Waals surface area contributed by atoms with Gasteiger partial charge in [0.05, 0.1) is 17.5 Å². The Morgan fingerprint density at radius 1 is 1.19 bits per heavy atom. The van der Waals surface area contributed by atoms with E-state index in [1.54, 1.807) is 0 Å². The molecule has 27 heavy (non-hydrogen) atoms. The molecule has 0 spiro atoms. The number of fused-ring (bicyclic) bond motifs is 1. The third-order valence-electron chi connectivity index (χ3n) is 4.93. The predicted octanol–water partition coefficient (Wildman–Crippen LogP) is 2.27. The summed E-state index contributed by atoms with van der Waals surface area (Å²) >= 11 is 4.99. The maximum absolute atomic E-state index is 10.8. The predicted molar refractivity (Wildman–Crippen MR) is 108 cm³/mol. The van der Waals surface area contributed by atoms with Gasteiger partial charge in [-0.15, -0.1) is 5.10 Å². The first kappa shape index (κ1) is 18.8. The molecule has 9 heteroatoms. The number of nitrogens with zero attached hydrogens (tertiary/aromatic N) is 5. The van der Waals surface area contributed by atoms with Gasteiger partial charge in [-0.2, -0.15) is 4.52 Å². The Balaban J connectivity index is 1.70. The standard InChI is InChI=1S/C18H22BrN5O2S/c1-12-20-18-24(21-12)17(26)16(27-18)15(13-2-4-14(19)5-3-13)23-8-6-22(7-9-23)10-11-25/h2-5,15,25-26H,6-11H2,1H3/t15-/m1/s1. The highest BCUT2D eigenvalue weighted by molar-refractivity contribution is 9.10. The lowest BCUT2D eigenvalue weighted by molar-refractivity contribution is 0.0945. The van der Waals surface area contributed by atoms with Gasteiger partial charge in [0.1, 0.15) is 5.82 Å². The minimum absolute atomic E-state index is 0.0526. The third kappa shape index (κ3) is 3.74. The van der Waals surface area contributed by atoms with Crippen LogP contribution in [0, 0.1) is 6.92 Å². The molecule has 0 unspecified atom stereocenters. The van der Waals surface area contributed by atoms with Crippen LogP contribution >= 0.6 is 27.3 Å². The SMILES string of the molecule is Cc1nc2sc([C@@H](c3ccc(Br)cc3)N3CCN(CCO)CC3)c(O)n2n1. The van der Waals surface area contributed by atoms with Gasteiger partial charge in [0.15, 0.2) is 0 Å². The molecule has 0 radical (unpaired) electrons. The lowest BCUT2D eigenvalue weighted by Crippen LogP contribution is -2.48. The van der Waals surface area contributed by atoms with E-state index >= 15 is 0 Å². The molecule has 7 nitrogen and oxygen atoms in total. The number of piperazine rings is 1. The van der Waals surface area contributed by atoms with Crippen LogP contribution in [0.5, 0.6) is 5.88 Å². The van der Waals surface area contributed by atoms with Gasteiger partial charge in [-0.3, -0.25) is 9.80 Å². The summed E-state index contributed by atoms with van der Waals surface area (Å²) in [7, 11) is 0. The van der Waals surface area contributed by atoms with Crippen molar-refractivity contribution in [2.24, 2.45) is 0 Å². The Bertz CT molecular complexity index is 918. The van der Waals surface area contributed by atoms with Crippen LogP contribution in [-0.4, -0.2) is 73.9 Å². The van der Waals surface area contributed by atoms with Gasteiger partial charge < -0.3 is 10.2 Å². The Labute approximate surface area is 170 Å². The fourth-order valence-electron chi connectivity index (χ4n) is 3.59. The molecule has 3 aromatic rings. The van der Waals surface area contributed by atoms with Crippen molar-refractivity contribution < 1.29 is 10.2 Å². The average molecular weight is 452 g/mol. The zero-order valence-electron chi connectivity index (χ0n) is 15.0. The van der Waals surface area contributed by atoms with E-state index < -0.39 is 0 Å². The zero-order chi connectivity index (χ0) is 19.0. The number of aliphatic hydroxyl groups excluding tert-OH is 1. The average Bonchev–Trinajstić information content (AvgIpc) is 3.16. The number of thiazole rings is 1. The zero-order valence-corrected chi connectivity index (χ0v) is 17.4. The van der Waals surface area contributed by atoms with Crippen molar-refractivity contribution in [3.05, 3.63) is 45.0 Å². The van der Waals surface area contributed by atoms with Crippen LogP contribution in [0.2, 0.25) is 0 Å². The van der Waals surface area contributed by atoms with Gasteiger partial charge >= 0.3 is 0 Å². The van der Waals surface area contributed by atoms with Gasteiger partial charge in [-0.25, -0.2) is 4.98 Å². The molecular weight excluding hydrogens is 430 g/mol. The first-order chi connectivity index (χ1) is 13.1. The number of halogens is 1. The molecule has 2 N–H and O–H groups in total. The Morgan fingerprint density at radius 2 is 1.89 bits per heavy atom. The third-order valence-corrected chi connectivity index (χ3v) is 6.53. The monoisotopic (exact) mass is 451 g/mol. The van der Waals surface area contributed by atoms with Gasteiger partial charge in [-0.05, 0) is 24.6 Å². The number of aliphatic hydroxyl groups is 1. The van der Waals surface area contributed by atoms with Crippen LogP contribution in [0.4, 0.5) is 0 Å². The van der Waals surface area contributed by atoms with Gasteiger partial charge in [0.2, 0.25) is 10.8 Å². The smallest absolute Gasteiger partial charge is 0.230 e. The van der Waals surface area contributed by atoms with Crippen LogP contribution in [0.3, 0.4) is 0 Å². The summed E-state index contributed by atoms with van der Waals surface area (Å²) in [6.45, 7) is 6.25. The van der Waals surface area contributed by atoms with Crippen LogP contribution in [0.1, 0.15) is 22.3 Å². The molecular formula is C18H22BrN5O2S. The molecule has 0 bridgehead atoms. The molecule has 1 aliphatic rings. The fourth-order valence-corrected chi connectivity index (χ4v) is 5.01. The molecule has 1 aromatic carbocycles. The van der Waals surface area contributed by atoms with E-state index in [9.17, 15) is 10.2 Å². The van der Waals surface area contributed by atoms with Crippen LogP contribution in [-0.2, 0) is 0 Å². The highest BCUT2D eigenvalue weighted by atomic mass is 79.9. The molecule has 0 aliphatic carbocycles. The highest BCUT2D eigenvalue weighted by Gasteiger charge is 2.31. The first-order valence-corrected chi connectivity index (χ1v) is 10.6. The van der Waals surface area contributed by atoms with Crippen molar-refractivity contribution in [3.63, 3.8) is 0 Å². The van der Waals surface area contributed by atoms with E-state index in [2.05, 4.69) is 47.9 Å². The molecule has 1 aliphatic heterocycles. The molecule has 4 rings (SSSR count). The van der Waals surface area contributed by atoms with Crippen molar-refractivity contribution in [1.29, 1.82) is 0 Å². The normalized spacial score (nSPS) is 17.6. The van der Waals surface area contributed by atoms with Crippen LogP contribution in [0.25, 0.3) is 4.96 Å². The summed E-state index contributed by atoms with van der Waals surface area (Å²) in [5.74, 6) is 0.821. The summed E-state index contributed by atoms with van der Waals surface area (Å²) in [6, 6.07) is 8.19. The Morgan fingerprint density at radius 3 is 2.52 bits per heavy atom. The summed E-state index contributed by atoms with van der Waals surface area (Å²) in [4.78, 5) is 10.6. The number of rotatable bonds is 5. The molecule has 1 atom stereocenters. The minimum Gasteiger partial charge on any atom is -0.492 e. The molecule has 1 fully saturated rings. The van der Waals surface area contributed by atoms with E-state index in [1.807, 2.05) is 19.1 Å². The van der Waals surface area contributed by atoms with Crippen molar-refractivity contribution in [2.45, 2.75) is 13.0 Å². The molecule has 144 valence electrons. The summed E-state index contributed by atoms with van der Waals surface area (Å²) < 4.78 is 2.56. The summed E-state index contributed by atoms with van der Waals surface area (Å²) in [5, 5.41) is 24.3. The highest BCUT2D eigenvalue weighted by Crippen LogP contribution is 2.40. The Kier molecular flexibility index (Phi) is 5.47. The van der Waals surface area contributed by atoms with E-state index in [0.29, 0.717) is 17.3 Å². The fraction of sp³-hybridized carbons (Fsp3) is 0.444. The maximum Gasteiger partial charge on any atom is 0.230 e. The maximum atomic E-state index is 10.8. The number of aromatic nitrogens is 3. The van der Waals surface area contributed by atoms with Gasteiger partial charge in [0.25, 0.3) is 0 Å². The second kappa shape index (κ2) is 7.84. The lowest BCUT2D eigenvalue weighted by Gasteiger charge is -2.39. The van der Waals surface area contributed by atoms with E-state index in [0.717, 1.165) is 41.1 Å². The molecule has 0 amide bonds. The van der Waals surface area contributed by atoms with Crippen LogP contribution in [0.15, 0.2) is 28.7 Å². The molecule has 3 heterocycles. The molecule has 2 aromatic heterocycles. The largest absolute Gasteiger partial charge is 0.492 e.